The lowest BCUT2D eigenvalue weighted by Gasteiger charge is -2.17. The Morgan fingerprint density at radius 3 is 2.69 bits per heavy atom. The first-order chi connectivity index (χ1) is 15.3. The highest BCUT2D eigenvalue weighted by molar-refractivity contribution is 14.1. The van der Waals surface area contributed by atoms with Crippen LogP contribution in [-0.4, -0.2) is 57.1 Å². The molecule has 3 rings (SSSR count). The number of aliphatic hydroxyl groups excluding tert-OH is 2. The van der Waals surface area contributed by atoms with Gasteiger partial charge in [0.15, 0.2) is 0 Å². The molecule has 2 aromatic heterocycles. The van der Waals surface area contributed by atoms with Gasteiger partial charge in [-0.25, -0.2) is 4.98 Å². The Labute approximate surface area is 199 Å². The number of halogens is 1. The molecule has 3 aromatic rings. The number of nitrogens with one attached hydrogen (secondary N) is 1. The largest absolute Gasteiger partial charge is 0.490 e. The molecule has 0 spiro atoms. The summed E-state index contributed by atoms with van der Waals surface area (Å²) < 4.78 is 12.2. The number of carbonyl (C=O) groups is 1. The molecule has 32 heavy (non-hydrogen) atoms. The van der Waals surface area contributed by atoms with Crippen LogP contribution < -0.4 is 10.1 Å². The third-order valence-electron chi connectivity index (χ3n) is 4.68. The number of amides is 1. The van der Waals surface area contributed by atoms with Gasteiger partial charge in [-0.1, -0.05) is 12.1 Å². The summed E-state index contributed by atoms with van der Waals surface area (Å²) in [6.45, 7) is 5.21. The molecular weight excluding hydrogens is 527 g/mol. The topological polar surface area (TPSA) is 131 Å². The molecule has 1 amide bonds. The molecule has 10 heteroatoms. The van der Waals surface area contributed by atoms with Crippen molar-refractivity contribution >= 4 is 28.5 Å². The summed E-state index contributed by atoms with van der Waals surface area (Å²) in [6, 6.07) is 7.63. The van der Waals surface area contributed by atoms with Gasteiger partial charge < -0.3 is 24.8 Å². The Hall–Kier alpha value is -2.57. The summed E-state index contributed by atoms with van der Waals surface area (Å²) in [6.07, 6.45) is -0.200. The standard InChI is InChI=1S/C22H25IN4O5/c1-4-14-7-15(5-12(2)20(14)31-11-17(29)9-24-19(30)10-28)21-26-22(32-27-21)16-6-13(3)25-18(23)8-16/h5-8,17,28-29H,4,9-11H2,1-3H3,(H,24,30)/t17-/m0/s1. The molecule has 0 saturated carbocycles. The van der Waals surface area contributed by atoms with Crippen molar-refractivity contribution in [3.63, 3.8) is 0 Å². The van der Waals surface area contributed by atoms with Gasteiger partial charge >= 0.3 is 0 Å². The number of nitrogens with zero attached hydrogens (tertiary/aromatic N) is 3. The first-order valence-electron chi connectivity index (χ1n) is 10.1. The second kappa shape index (κ2) is 10.8. The first-order valence-corrected chi connectivity index (χ1v) is 11.2. The molecule has 0 radical (unpaired) electrons. The predicted molar refractivity (Wildman–Crippen MR) is 126 cm³/mol. The van der Waals surface area contributed by atoms with Crippen LogP contribution in [0.3, 0.4) is 0 Å². The summed E-state index contributed by atoms with van der Waals surface area (Å²) in [5.41, 5.74) is 4.29. The van der Waals surface area contributed by atoms with Crippen molar-refractivity contribution in [3.8, 4) is 28.6 Å². The van der Waals surface area contributed by atoms with E-state index in [1.807, 2.05) is 45.0 Å². The monoisotopic (exact) mass is 552 g/mol. The minimum absolute atomic E-state index is 0.00294. The predicted octanol–water partition coefficient (Wildman–Crippen LogP) is 2.43. The van der Waals surface area contributed by atoms with Gasteiger partial charge in [-0.3, -0.25) is 4.79 Å². The van der Waals surface area contributed by atoms with Crippen molar-refractivity contribution in [2.24, 2.45) is 0 Å². The average Bonchev–Trinajstić information content (AvgIpc) is 3.25. The fourth-order valence-corrected chi connectivity index (χ4v) is 3.90. The molecule has 1 atom stereocenters. The Balaban J connectivity index is 1.78. The van der Waals surface area contributed by atoms with E-state index >= 15 is 0 Å². The van der Waals surface area contributed by atoms with E-state index in [1.165, 1.54) is 0 Å². The van der Waals surface area contributed by atoms with Gasteiger partial charge in [-0.05, 0) is 78.3 Å². The van der Waals surface area contributed by atoms with Crippen molar-refractivity contribution in [3.05, 3.63) is 44.8 Å². The van der Waals surface area contributed by atoms with E-state index in [0.717, 1.165) is 31.6 Å². The highest BCUT2D eigenvalue weighted by Crippen LogP contribution is 2.31. The molecule has 0 saturated heterocycles. The Morgan fingerprint density at radius 1 is 1.22 bits per heavy atom. The summed E-state index contributed by atoms with van der Waals surface area (Å²) in [7, 11) is 0. The second-order valence-electron chi connectivity index (χ2n) is 7.31. The van der Waals surface area contributed by atoms with Crippen LogP contribution in [0, 0.1) is 17.5 Å². The van der Waals surface area contributed by atoms with E-state index in [9.17, 15) is 9.90 Å². The number of carbonyl (C=O) groups excluding carboxylic acids is 1. The molecule has 3 N–H and O–H groups in total. The van der Waals surface area contributed by atoms with Crippen LogP contribution in [0.1, 0.15) is 23.7 Å². The van der Waals surface area contributed by atoms with Gasteiger partial charge in [-0.15, -0.1) is 0 Å². The van der Waals surface area contributed by atoms with E-state index in [2.05, 4.69) is 43.0 Å². The third-order valence-corrected chi connectivity index (χ3v) is 5.24. The molecule has 9 nitrogen and oxygen atoms in total. The lowest BCUT2D eigenvalue weighted by atomic mass is 10.0. The van der Waals surface area contributed by atoms with Gasteiger partial charge in [0.25, 0.3) is 5.89 Å². The fraction of sp³-hybridized carbons (Fsp3) is 0.364. The van der Waals surface area contributed by atoms with Crippen molar-refractivity contribution in [2.45, 2.75) is 33.3 Å². The Kier molecular flexibility index (Phi) is 8.15. The minimum Gasteiger partial charge on any atom is -0.490 e. The fourth-order valence-electron chi connectivity index (χ4n) is 3.18. The quantitative estimate of drug-likeness (QED) is 0.273. The van der Waals surface area contributed by atoms with Crippen LogP contribution >= 0.6 is 22.6 Å². The summed E-state index contributed by atoms with van der Waals surface area (Å²) >= 11 is 2.15. The maximum Gasteiger partial charge on any atom is 0.258 e. The normalized spacial score (nSPS) is 11.9. The molecule has 1 aromatic carbocycles. The van der Waals surface area contributed by atoms with Crippen LogP contribution in [0.25, 0.3) is 22.8 Å². The van der Waals surface area contributed by atoms with Gasteiger partial charge in [0, 0.05) is 23.4 Å². The molecule has 2 heterocycles. The number of ether oxygens (including phenoxy) is 1. The molecular formula is C22H25IN4O5. The lowest BCUT2D eigenvalue weighted by molar-refractivity contribution is -0.124. The van der Waals surface area contributed by atoms with E-state index in [1.54, 1.807) is 0 Å². The Bertz CT molecular complexity index is 1080. The zero-order valence-electron chi connectivity index (χ0n) is 18.1. The number of pyridine rings is 1. The van der Waals surface area contributed by atoms with Crippen LogP contribution in [0.5, 0.6) is 5.75 Å². The minimum atomic E-state index is -0.902. The number of hydrogen-bond donors (Lipinski definition) is 3. The number of aliphatic hydroxyl groups is 2. The number of hydrogen-bond acceptors (Lipinski definition) is 8. The average molecular weight is 552 g/mol. The van der Waals surface area contributed by atoms with E-state index in [4.69, 9.17) is 14.4 Å². The maximum atomic E-state index is 11.1. The van der Waals surface area contributed by atoms with Crippen LogP contribution in [0.2, 0.25) is 0 Å². The van der Waals surface area contributed by atoms with Gasteiger partial charge in [0.2, 0.25) is 11.7 Å². The van der Waals surface area contributed by atoms with Gasteiger partial charge in [0.1, 0.15) is 28.8 Å². The van der Waals surface area contributed by atoms with Gasteiger partial charge in [-0.2, -0.15) is 4.98 Å². The third kappa shape index (κ3) is 6.02. The van der Waals surface area contributed by atoms with Crippen LogP contribution in [0.4, 0.5) is 0 Å². The molecule has 0 bridgehead atoms. The molecule has 0 unspecified atom stereocenters. The number of aryl methyl sites for hydroxylation is 3. The van der Waals surface area contributed by atoms with Crippen molar-refractivity contribution < 1.29 is 24.3 Å². The summed E-state index contributed by atoms with van der Waals surface area (Å²) in [5.74, 6) is 1.02. The summed E-state index contributed by atoms with van der Waals surface area (Å²) in [4.78, 5) is 20.0. The number of aromatic nitrogens is 3. The first kappa shape index (κ1) is 24.1. The molecule has 0 aliphatic carbocycles. The van der Waals surface area contributed by atoms with Gasteiger partial charge in [0.05, 0.1) is 0 Å². The van der Waals surface area contributed by atoms with Crippen LogP contribution in [0.15, 0.2) is 28.8 Å². The molecule has 0 aliphatic rings. The second-order valence-corrected chi connectivity index (χ2v) is 8.41. The maximum absolute atomic E-state index is 11.1. The van der Waals surface area contributed by atoms with Crippen molar-refractivity contribution in [1.29, 1.82) is 0 Å². The highest BCUT2D eigenvalue weighted by atomic mass is 127. The molecule has 0 fully saturated rings. The number of rotatable bonds is 9. The SMILES string of the molecule is CCc1cc(-c2noc(-c3cc(C)nc(I)c3)n2)cc(C)c1OC[C@@H](O)CNC(=O)CO. The zero-order chi connectivity index (χ0) is 23.3. The van der Waals surface area contributed by atoms with E-state index in [-0.39, 0.29) is 13.2 Å². The molecule has 0 aliphatic heterocycles. The Morgan fingerprint density at radius 2 is 2.00 bits per heavy atom. The lowest BCUT2D eigenvalue weighted by Crippen LogP contribution is -2.36. The van der Waals surface area contributed by atoms with E-state index < -0.39 is 18.6 Å². The smallest absolute Gasteiger partial charge is 0.258 e. The molecule has 170 valence electrons. The van der Waals surface area contributed by atoms with Crippen molar-refractivity contribution in [2.75, 3.05) is 19.8 Å². The van der Waals surface area contributed by atoms with Crippen LogP contribution in [-0.2, 0) is 11.2 Å². The number of benzene rings is 1. The van der Waals surface area contributed by atoms with Crippen molar-refractivity contribution in [1.82, 2.24) is 20.4 Å². The summed E-state index contributed by atoms with van der Waals surface area (Å²) in [5, 5.41) is 25.3. The van der Waals surface area contributed by atoms with E-state index in [0.29, 0.717) is 23.9 Å². The highest BCUT2D eigenvalue weighted by Gasteiger charge is 2.17. The zero-order valence-corrected chi connectivity index (χ0v) is 20.2.